The van der Waals surface area contributed by atoms with Crippen LogP contribution in [0.2, 0.25) is 0 Å². The second-order valence-electron chi connectivity index (χ2n) is 5.49. The van der Waals surface area contributed by atoms with Gasteiger partial charge in [-0.2, -0.15) is 0 Å². The van der Waals surface area contributed by atoms with E-state index in [1.807, 2.05) is 6.26 Å². The Labute approximate surface area is 110 Å². The van der Waals surface area contributed by atoms with Crippen LogP contribution in [0.5, 0.6) is 0 Å². The Morgan fingerprint density at radius 2 is 2.33 bits per heavy atom. The summed E-state index contributed by atoms with van der Waals surface area (Å²) in [4.78, 5) is 0. The van der Waals surface area contributed by atoms with E-state index in [2.05, 4.69) is 25.2 Å². The molecule has 102 valence electrons. The molecule has 0 bridgehead atoms. The normalized spacial score (nSPS) is 19.2. The zero-order valence-electron chi connectivity index (χ0n) is 11.6. The average molecular weight is 251 g/mol. The molecule has 1 aromatic heterocycles. The molecule has 1 unspecified atom stereocenters. The molecule has 3 heteroatoms. The first kappa shape index (κ1) is 13.6. The molecule has 18 heavy (non-hydrogen) atoms. The smallest absolute Gasteiger partial charge is 0.108 e. The van der Waals surface area contributed by atoms with E-state index in [4.69, 9.17) is 9.15 Å². The summed E-state index contributed by atoms with van der Waals surface area (Å²) < 4.78 is 11.1. The van der Waals surface area contributed by atoms with Crippen molar-refractivity contribution >= 4 is 0 Å². The molecular weight excluding hydrogens is 226 g/mol. The quantitative estimate of drug-likeness (QED) is 0.755. The van der Waals surface area contributed by atoms with E-state index in [1.54, 1.807) is 0 Å². The highest BCUT2D eigenvalue weighted by Gasteiger charge is 2.21. The summed E-state index contributed by atoms with van der Waals surface area (Å²) in [6.45, 7) is 7.05. The predicted molar refractivity (Wildman–Crippen MR) is 72.7 cm³/mol. The number of hydrogen-bond acceptors (Lipinski definition) is 3. The minimum Gasteiger partial charge on any atom is -0.469 e. The highest BCUT2D eigenvalue weighted by atomic mass is 16.5. The van der Waals surface area contributed by atoms with Crippen molar-refractivity contribution in [3.05, 3.63) is 23.7 Å². The molecule has 2 rings (SSSR count). The maximum atomic E-state index is 5.62. The Bertz CT molecular complexity index is 346. The fourth-order valence-corrected chi connectivity index (χ4v) is 2.42. The zero-order chi connectivity index (χ0) is 12.8. The largest absolute Gasteiger partial charge is 0.469 e. The molecular formula is C15H25NO2. The van der Waals surface area contributed by atoms with Crippen molar-refractivity contribution in [3.8, 4) is 0 Å². The molecule has 1 aliphatic carbocycles. The van der Waals surface area contributed by atoms with Crippen LogP contribution < -0.4 is 5.32 Å². The van der Waals surface area contributed by atoms with Crippen molar-refractivity contribution in [3.63, 3.8) is 0 Å². The lowest BCUT2D eigenvalue weighted by molar-refractivity contribution is 0.122. The number of nitrogens with one attached hydrogen (secondary N) is 1. The van der Waals surface area contributed by atoms with Crippen LogP contribution in [0.15, 0.2) is 16.7 Å². The van der Waals surface area contributed by atoms with Gasteiger partial charge in [0.15, 0.2) is 0 Å². The Morgan fingerprint density at radius 1 is 1.44 bits per heavy atom. The first-order valence-electron chi connectivity index (χ1n) is 7.14. The van der Waals surface area contributed by atoms with Gasteiger partial charge in [-0.25, -0.2) is 0 Å². The first-order chi connectivity index (χ1) is 8.77. The van der Waals surface area contributed by atoms with Crippen LogP contribution in [0.25, 0.3) is 0 Å². The second kappa shape index (κ2) is 6.95. The minimum absolute atomic E-state index is 0.459. The summed E-state index contributed by atoms with van der Waals surface area (Å²) in [6, 6.07) is 2.56. The van der Waals surface area contributed by atoms with Crippen molar-refractivity contribution in [2.75, 3.05) is 19.8 Å². The standard InChI is InChI=1S/C15H25NO2/c1-12(2)6-9-17-11-8-16-14-4-3-5-15-13(14)7-10-18-15/h7,10,12,14,16H,3-6,8-9,11H2,1-2H3. The summed E-state index contributed by atoms with van der Waals surface area (Å²) >= 11 is 0. The third-order valence-electron chi connectivity index (χ3n) is 3.53. The highest BCUT2D eigenvalue weighted by Crippen LogP contribution is 2.30. The van der Waals surface area contributed by atoms with Crippen LogP contribution >= 0.6 is 0 Å². The SMILES string of the molecule is CC(C)CCOCCNC1CCCc2occc21. The molecule has 0 saturated heterocycles. The summed E-state index contributed by atoms with van der Waals surface area (Å²) in [5.41, 5.74) is 1.35. The van der Waals surface area contributed by atoms with Gasteiger partial charge in [-0.15, -0.1) is 0 Å². The summed E-state index contributed by atoms with van der Waals surface area (Å²) in [5.74, 6) is 1.89. The molecule has 0 amide bonds. The van der Waals surface area contributed by atoms with E-state index >= 15 is 0 Å². The maximum Gasteiger partial charge on any atom is 0.108 e. The maximum absolute atomic E-state index is 5.62. The fraction of sp³-hybridized carbons (Fsp3) is 0.733. The summed E-state index contributed by atoms with van der Waals surface area (Å²) in [7, 11) is 0. The topological polar surface area (TPSA) is 34.4 Å². The number of hydrogen-bond donors (Lipinski definition) is 1. The third kappa shape index (κ3) is 3.85. The van der Waals surface area contributed by atoms with Crippen LogP contribution in [0, 0.1) is 5.92 Å². The molecule has 1 N–H and O–H groups in total. The minimum atomic E-state index is 0.459. The highest BCUT2D eigenvalue weighted by molar-refractivity contribution is 5.23. The average Bonchev–Trinajstić information content (AvgIpc) is 2.82. The van der Waals surface area contributed by atoms with Gasteiger partial charge >= 0.3 is 0 Å². The van der Waals surface area contributed by atoms with Gasteiger partial charge in [0, 0.05) is 31.2 Å². The van der Waals surface area contributed by atoms with Crippen molar-refractivity contribution in [2.24, 2.45) is 5.92 Å². The Balaban J connectivity index is 1.63. The van der Waals surface area contributed by atoms with E-state index in [0.29, 0.717) is 6.04 Å². The van der Waals surface area contributed by atoms with Crippen molar-refractivity contribution in [1.82, 2.24) is 5.32 Å². The van der Waals surface area contributed by atoms with Gasteiger partial charge in [-0.3, -0.25) is 0 Å². The Morgan fingerprint density at radius 3 is 3.17 bits per heavy atom. The number of fused-ring (bicyclic) bond motifs is 1. The molecule has 1 aromatic rings. The number of aryl methyl sites for hydroxylation is 1. The summed E-state index contributed by atoms with van der Waals surface area (Å²) in [5, 5.41) is 3.57. The third-order valence-corrected chi connectivity index (χ3v) is 3.53. The van der Waals surface area contributed by atoms with E-state index in [1.165, 1.54) is 24.2 Å². The van der Waals surface area contributed by atoms with Gasteiger partial charge in [0.25, 0.3) is 0 Å². The number of rotatable bonds is 7. The van der Waals surface area contributed by atoms with Crippen LogP contribution in [-0.2, 0) is 11.2 Å². The molecule has 0 radical (unpaired) electrons. The molecule has 1 atom stereocenters. The van der Waals surface area contributed by atoms with Gasteiger partial charge in [0.1, 0.15) is 5.76 Å². The number of ether oxygens (including phenoxy) is 1. The van der Waals surface area contributed by atoms with Gasteiger partial charge < -0.3 is 14.5 Å². The molecule has 1 aliphatic rings. The lowest BCUT2D eigenvalue weighted by atomic mass is 9.93. The van der Waals surface area contributed by atoms with Crippen LogP contribution in [0.3, 0.4) is 0 Å². The predicted octanol–water partition coefficient (Wildman–Crippen LogP) is 3.31. The van der Waals surface area contributed by atoms with Crippen LogP contribution in [0.1, 0.15) is 50.5 Å². The Kier molecular flexibility index (Phi) is 5.26. The van der Waals surface area contributed by atoms with Gasteiger partial charge in [-0.05, 0) is 31.2 Å². The van der Waals surface area contributed by atoms with E-state index in [-0.39, 0.29) is 0 Å². The number of furan rings is 1. The van der Waals surface area contributed by atoms with Crippen molar-refractivity contribution < 1.29 is 9.15 Å². The van der Waals surface area contributed by atoms with Gasteiger partial charge in [0.2, 0.25) is 0 Å². The van der Waals surface area contributed by atoms with Crippen LogP contribution in [0.4, 0.5) is 0 Å². The van der Waals surface area contributed by atoms with Crippen molar-refractivity contribution in [1.29, 1.82) is 0 Å². The van der Waals surface area contributed by atoms with Crippen molar-refractivity contribution in [2.45, 2.75) is 45.6 Å². The Hall–Kier alpha value is -0.800. The lowest BCUT2D eigenvalue weighted by Crippen LogP contribution is -2.27. The fourth-order valence-electron chi connectivity index (χ4n) is 2.42. The molecule has 0 aliphatic heterocycles. The van der Waals surface area contributed by atoms with Crippen LogP contribution in [-0.4, -0.2) is 19.8 Å². The van der Waals surface area contributed by atoms with E-state index in [9.17, 15) is 0 Å². The monoisotopic (exact) mass is 251 g/mol. The molecule has 1 heterocycles. The molecule has 0 fully saturated rings. The van der Waals surface area contributed by atoms with Gasteiger partial charge in [-0.1, -0.05) is 13.8 Å². The zero-order valence-corrected chi connectivity index (χ0v) is 11.6. The molecule has 0 aromatic carbocycles. The van der Waals surface area contributed by atoms with Gasteiger partial charge in [0.05, 0.1) is 12.9 Å². The molecule has 0 saturated carbocycles. The molecule has 0 spiro atoms. The second-order valence-corrected chi connectivity index (χ2v) is 5.49. The summed E-state index contributed by atoms with van der Waals surface area (Å²) in [6.07, 6.45) is 6.47. The van der Waals surface area contributed by atoms with E-state index in [0.717, 1.165) is 38.5 Å². The first-order valence-corrected chi connectivity index (χ1v) is 7.14. The molecule has 3 nitrogen and oxygen atoms in total. The lowest BCUT2D eigenvalue weighted by Gasteiger charge is -2.22. The van der Waals surface area contributed by atoms with E-state index < -0.39 is 0 Å².